The number of nitrogens with zero attached hydrogens (tertiary/aromatic N) is 3. The van der Waals surface area contributed by atoms with Crippen LogP contribution in [-0.2, 0) is 0 Å². The number of carbonyl (C=O) groups is 1. The quantitative estimate of drug-likeness (QED) is 0.777. The summed E-state index contributed by atoms with van der Waals surface area (Å²) in [5, 5.41) is 4.82. The number of amides is 1. The van der Waals surface area contributed by atoms with Crippen molar-refractivity contribution >= 4 is 23.2 Å². The molecule has 0 aliphatic carbocycles. The number of carbonyl (C=O) groups excluding carboxylic acids is 1. The molecule has 6 heteroatoms. The van der Waals surface area contributed by atoms with Gasteiger partial charge in [0.25, 0.3) is 5.91 Å². The largest absolute Gasteiger partial charge is 0.366 e. The summed E-state index contributed by atoms with van der Waals surface area (Å²) < 4.78 is 1.52. The molecule has 3 rings (SSSR count). The van der Waals surface area contributed by atoms with Crippen molar-refractivity contribution in [3.8, 4) is 11.1 Å². The highest BCUT2D eigenvalue weighted by molar-refractivity contribution is 6.30. The second kappa shape index (κ2) is 4.37. The molecule has 0 bridgehead atoms. The minimum absolute atomic E-state index is 0.313. The van der Waals surface area contributed by atoms with E-state index in [-0.39, 0.29) is 0 Å². The van der Waals surface area contributed by atoms with Crippen LogP contribution in [0.1, 0.15) is 10.4 Å². The van der Waals surface area contributed by atoms with E-state index in [1.165, 1.54) is 10.7 Å². The topological polar surface area (TPSA) is 73.3 Å². The molecular formula is C13H9ClN4O. The molecular weight excluding hydrogens is 264 g/mol. The van der Waals surface area contributed by atoms with Crippen LogP contribution in [-0.4, -0.2) is 20.5 Å². The molecule has 0 saturated heterocycles. The molecule has 0 unspecified atom stereocenters. The first-order valence-electron chi connectivity index (χ1n) is 5.54. The van der Waals surface area contributed by atoms with Crippen LogP contribution in [0.2, 0.25) is 5.02 Å². The van der Waals surface area contributed by atoms with Gasteiger partial charge in [0.05, 0.1) is 11.8 Å². The van der Waals surface area contributed by atoms with E-state index in [1.807, 2.05) is 18.2 Å². The molecule has 1 amide bonds. The third-order valence-corrected chi connectivity index (χ3v) is 3.01. The Morgan fingerprint density at radius 2 is 2.16 bits per heavy atom. The van der Waals surface area contributed by atoms with Gasteiger partial charge in [-0.2, -0.15) is 5.10 Å². The van der Waals surface area contributed by atoms with E-state index in [9.17, 15) is 4.79 Å². The number of hydrogen-bond acceptors (Lipinski definition) is 3. The number of primary amides is 1. The van der Waals surface area contributed by atoms with Crippen LogP contribution >= 0.6 is 11.6 Å². The molecule has 94 valence electrons. The molecule has 0 spiro atoms. The van der Waals surface area contributed by atoms with Gasteiger partial charge in [-0.1, -0.05) is 23.7 Å². The first-order chi connectivity index (χ1) is 9.15. The van der Waals surface area contributed by atoms with Crippen LogP contribution in [0.15, 0.2) is 42.9 Å². The van der Waals surface area contributed by atoms with Crippen molar-refractivity contribution in [1.29, 1.82) is 0 Å². The van der Waals surface area contributed by atoms with Crippen molar-refractivity contribution in [2.75, 3.05) is 0 Å². The van der Waals surface area contributed by atoms with Gasteiger partial charge in [-0.3, -0.25) is 4.79 Å². The van der Waals surface area contributed by atoms with Gasteiger partial charge in [0, 0.05) is 23.0 Å². The van der Waals surface area contributed by atoms with Crippen molar-refractivity contribution in [3.63, 3.8) is 0 Å². The van der Waals surface area contributed by atoms with Gasteiger partial charge in [0.2, 0.25) is 0 Å². The lowest BCUT2D eigenvalue weighted by Crippen LogP contribution is -2.12. The van der Waals surface area contributed by atoms with E-state index in [2.05, 4.69) is 10.1 Å². The molecule has 19 heavy (non-hydrogen) atoms. The fourth-order valence-corrected chi connectivity index (χ4v) is 2.05. The van der Waals surface area contributed by atoms with Crippen LogP contribution in [0.4, 0.5) is 0 Å². The summed E-state index contributed by atoms with van der Waals surface area (Å²) in [5.74, 6) is -0.533. The van der Waals surface area contributed by atoms with Crippen molar-refractivity contribution in [1.82, 2.24) is 14.6 Å². The SMILES string of the molecule is NC(=O)c1cnc2c(-c3cccc(Cl)c3)cnn2c1. The van der Waals surface area contributed by atoms with Gasteiger partial charge in [-0.05, 0) is 17.7 Å². The zero-order chi connectivity index (χ0) is 13.4. The van der Waals surface area contributed by atoms with Gasteiger partial charge < -0.3 is 5.73 Å². The van der Waals surface area contributed by atoms with E-state index < -0.39 is 5.91 Å². The van der Waals surface area contributed by atoms with E-state index in [1.54, 1.807) is 18.5 Å². The zero-order valence-electron chi connectivity index (χ0n) is 9.75. The van der Waals surface area contributed by atoms with Crippen LogP contribution in [0.3, 0.4) is 0 Å². The first kappa shape index (κ1) is 11.7. The maximum absolute atomic E-state index is 11.1. The van der Waals surface area contributed by atoms with Gasteiger partial charge in [0.1, 0.15) is 0 Å². The molecule has 2 aromatic heterocycles. The molecule has 1 aromatic carbocycles. The van der Waals surface area contributed by atoms with Crippen LogP contribution in [0.25, 0.3) is 16.8 Å². The Hall–Kier alpha value is -2.40. The van der Waals surface area contributed by atoms with Crippen molar-refractivity contribution in [2.45, 2.75) is 0 Å². The summed E-state index contributed by atoms with van der Waals surface area (Å²) in [6.07, 6.45) is 4.67. The number of benzene rings is 1. The summed E-state index contributed by atoms with van der Waals surface area (Å²) in [6, 6.07) is 7.42. The number of fused-ring (bicyclic) bond motifs is 1. The third-order valence-electron chi connectivity index (χ3n) is 2.78. The second-order valence-electron chi connectivity index (χ2n) is 4.04. The Kier molecular flexibility index (Phi) is 2.68. The minimum Gasteiger partial charge on any atom is -0.366 e. The van der Waals surface area contributed by atoms with E-state index in [0.717, 1.165) is 11.1 Å². The fourth-order valence-electron chi connectivity index (χ4n) is 1.86. The highest BCUT2D eigenvalue weighted by Crippen LogP contribution is 2.25. The molecule has 5 nitrogen and oxygen atoms in total. The monoisotopic (exact) mass is 272 g/mol. The molecule has 0 radical (unpaired) electrons. The molecule has 0 atom stereocenters. The lowest BCUT2D eigenvalue weighted by atomic mass is 10.1. The Labute approximate surface area is 113 Å². The highest BCUT2D eigenvalue weighted by Gasteiger charge is 2.10. The predicted octanol–water partition coefficient (Wildman–Crippen LogP) is 2.15. The number of hydrogen-bond donors (Lipinski definition) is 1. The zero-order valence-corrected chi connectivity index (χ0v) is 10.5. The van der Waals surface area contributed by atoms with Crippen molar-refractivity contribution in [3.05, 3.63) is 53.4 Å². The summed E-state index contributed by atoms with van der Waals surface area (Å²) in [6.45, 7) is 0. The third kappa shape index (κ3) is 2.04. The van der Waals surface area contributed by atoms with Crippen LogP contribution < -0.4 is 5.73 Å². The standard InChI is InChI=1S/C13H9ClN4O/c14-10-3-1-2-8(4-10)11-6-17-18-7-9(12(15)19)5-16-13(11)18/h1-7H,(H2,15,19). The molecule has 2 heterocycles. The van der Waals surface area contributed by atoms with Gasteiger partial charge in [-0.25, -0.2) is 9.50 Å². The average Bonchev–Trinajstić information content (AvgIpc) is 2.81. The van der Waals surface area contributed by atoms with Crippen molar-refractivity contribution in [2.24, 2.45) is 5.73 Å². The second-order valence-corrected chi connectivity index (χ2v) is 4.48. The number of rotatable bonds is 2. The summed E-state index contributed by atoms with van der Waals surface area (Å²) in [5.41, 5.74) is 7.93. The summed E-state index contributed by atoms with van der Waals surface area (Å²) in [4.78, 5) is 15.3. The fraction of sp³-hybridized carbons (Fsp3) is 0. The molecule has 0 fully saturated rings. The van der Waals surface area contributed by atoms with Gasteiger partial charge in [0.15, 0.2) is 5.65 Å². The molecule has 2 N–H and O–H groups in total. The maximum atomic E-state index is 11.1. The lowest BCUT2D eigenvalue weighted by Gasteiger charge is -2.00. The predicted molar refractivity (Wildman–Crippen MR) is 72.0 cm³/mol. The first-order valence-corrected chi connectivity index (χ1v) is 5.92. The normalized spacial score (nSPS) is 10.8. The number of aromatic nitrogens is 3. The summed E-state index contributed by atoms with van der Waals surface area (Å²) in [7, 11) is 0. The molecule has 0 aliphatic heterocycles. The summed E-state index contributed by atoms with van der Waals surface area (Å²) >= 11 is 5.97. The van der Waals surface area contributed by atoms with Gasteiger partial charge in [-0.15, -0.1) is 0 Å². The maximum Gasteiger partial charge on any atom is 0.251 e. The Bertz CT molecular complexity index is 781. The number of nitrogens with two attached hydrogens (primary N) is 1. The average molecular weight is 273 g/mol. The molecule has 0 saturated carbocycles. The van der Waals surface area contributed by atoms with Crippen molar-refractivity contribution < 1.29 is 4.79 Å². The Balaban J connectivity index is 2.18. The smallest absolute Gasteiger partial charge is 0.251 e. The number of halogens is 1. The molecule has 3 aromatic rings. The Morgan fingerprint density at radius 3 is 2.89 bits per heavy atom. The van der Waals surface area contributed by atoms with Crippen LogP contribution in [0.5, 0.6) is 0 Å². The van der Waals surface area contributed by atoms with Gasteiger partial charge >= 0.3 is 0 Å². The minimum atomic E-state index is -0.533. The highest BCUT2D eigenvalue weighted by atomic mass is 35.5. The van der Waals surface area contributed by atoms with Crippen LogP contribution in [0, 0.1) is 0 Å². The van der Waals surface area contributed by atoms with E-state index in [0.29, 0.717) is 16.2 Å². The van der Waals surface area contributed by atoms with E-state index in [4.69, 9.17) is 17.3 Å². The lowest BCUT2D eigenvalue weighted by molar-refractivity contribution is 0.0999. The Morgan fingerprint density at radius 1 is 1.32 bits per heavy atom. The molecule has 0 aliphatic rings. The van der Waals surface area contributed by atoms with E-state index >= 15 is 0 Å².